The molecule has 0 saturated heterocycles. The van der Waals surface area contributed by atoms with Crippen molar-refractivity contribution in [1.82, 2.24) is 25.5 Å². The molecule has 0 radical (unpaired) electrons. The summed E-state index contributed by atoms with van der Waals surface area (Å²) in [6.45, 7) is 4.46. The van der Waals surface area contributed by atoms with E-state index in [1.807, 2.05) is 42.8 Å². The number of aryl methyl sites for hydroxylation is 1. The quantitative estimate of drug-likeness (QED) is 0.826. The van der Waals surface area contributed by atoms with E-state index in [4.69, 9.17) is 0 Å². The molecule has 1 aromatic carbocycles. The van der Waals surface area contributed by atoms with Gasteiger partial charge in [-0.05, 0) is 42.7 Å². The van der Waals surface area contributed by atoms with Crippen LogP contribution in [0.1, 0.15) is 36.9 Å². The van der Waals surface area contributed by atoms with Crippen LogP contribution < -0.4 is 5.32 Å². The van der Waals surface area contributed by atoms with Gasteiger partial charge < -0.3 is 5.32 Å². The van der Waals surface area contributed by atoms with E-state index in [0.29, 0.717) is 12.6 Å². The number of hydrogen-bond donors (Lipinski definition) is 1. The van der Waals surface area contributed by atoms with Crippen molar-refractivity contribution in [3.05, 3.63) is 35.4 Å². The Labute approximate surface area is 133 Å². The summed E-state index contributed by atoms with van der Waals surface area (Å²) >= 11 is 1.41. The monoisotopic (exact) mass is 317 g/mol. The predicted octanol–water partition coefficient (Wildman–Crippen LogP) is 2.11. The molecule has 0 spiro atoms. The zero-order chi connectivity index (χ0) is 15.5. The van der Waals surface area contributed by atoms with E-state index in [1.165, 1.54) is 17.3 Å². The highest BCUT2D eigenvalue weighted by Gasteiger charge is 2.29. The van der Waals surface area contributed by atoms with Gasteiger partial charge in [0.05, 0.1) is 11.3 Å². The molecule has 1 N–H and O–H groups in total. The van der Waals surface area contributed by atoms with Crippen LogP contribution in [-0.4, -0.2) is 31.4 Å². The standard InChI is InChI=1S/C15H19N5OS/c1-10-3-5-12(6-4-10)9-16-14(21)11(2)22-15-17-18-19-20(15)13-7-8-13/h3-6,11,13H,7-9H2,1-2H3,(H,16,21). The van der Waals surface area contributed by atoms with E-state index in [2.05, 4.69) is 20.8 Å². The Morgan fingerprint density at radius 3 is 2.82 bits per heavy atom. The van der Waals surface area contributed by atoms with Gasteiger partial charge >= 0.3 is 0 Å². The van der Waals surface area contributed by atoms with Crippen molar-refractivity contribution in [3.63, 3.8) is 0 Å². The lowest BCUT2D eigenvalue weighted by atomic mass is 10.1. The molecule has 0 bridgehead atoms. The molecule has 1 unspecified atom stereocenters. The fourth-order valence-electron chi connectivity index (χ4n) is 2.06. The number of rotatable bonds is 6. The summed E-state index contributed by atoms with van der Waals surface area (Å²) in [5.41, 5.74) is 2.31. The second kappa shape index (κ2) is 6.48. The van der Waals surface area contributed by atoms with Crippen LogP contribution in [0, 0.1) is 6.92 Å². The van der Waals surface area contributed by atoms with E-state index in [1.54, 1.807) is 0 Å². The Bertz CT molecular complexity index is 650. The molecule has 1 aliphatic rings. The molecule has 1 fully saturated rings. The highest BCUT2D eigenvalue weighted by atomic mass is 32.2. The van der Waals surface area contributed by atoms with Crippen molar-refractivity contribution in [3.8, 4) is 0 Å². The van der Waals surface area contributed by atoms with Crippen molar-refractivity contribution in [2.45, 2.75) is 49.7 Å². The maximum absolute atomic E-state index is 12.2. The number of carbonyl (C=O) groups excluding carboxylic acids is 1. The number of amides is 1. The Morgan fingerprint density at radius 1 is 1.41 bits per heavy atom. The number of benzene rings is 1. The number of aromatic nitrogens is 4. The van der Waals surface area contributed by atoms with Crippen molar-refractivity contribution in [2.24, 2.45) is 0 Å². The average Bonchev–Trinajstić information content (AvgIpc) is 3.26. The van der Waals surface area contributed by atoms with Gasteiger partial charge in [-0.15, -0.1) is 5.10 Å². The Morgan fingerprint density at radius 2 is 2.14 bits per heavy atom. The second-order valence-electron chi connectivity index (χ2n) is 5.60. The maximum atomic E-state index is 12.2. The highest BCUT2D eigenvalue weighted by molar-refractivity contribution is 8.00. The third-order valence-corrected chi connectivity index (χ3v) is 4.64. The first-order valence-electron chi connectivity index (χ1n) is 7.41. The minimum absolute atomic E-state index is 0.00378. The summed E-state index contributed by atoms with van der Waals surface area (Å²) in [6, 6.07) is 8.56. The van der Waals surface area contributed by atoms with E-state index < -0.39 is 0 Å². The van der Waals surface area contributed by atoms with Gasteiger partial charge in [0, 0.05) is 6.54 Å². The third kappa shape index (κ3) is 3.65. The minimum atomic E-state index is -0.228. The maximum Gasteiger partial charge on any atom is 0.233 e. The van der Waals surface area contributed by atoms with E-state index in [-0.39, 0.29) is 11.2 Å². The van der Waals surface area contributed by atoms with Crippen LogP contribution in [0.5, 0.6) is 0 Å². The fraction of sp³-hybridized carbons (Fsp3) is 0.467. The molecular weight excluding hydrogens is 298 g/mol. The normalized spacial score (nSPS) is 15.5. The zero-order valence-corrected chi connectivity index (χ0v) is 13.5. The van der Waals surface area contributed by atoms with E-state index in [0.717, 1.165) is 23.6 Å². The molecular formula is C15H19N5OS. The topological polar surface area (TPSA) is 72.7 Å². The first-order valence-corrected chi connectivity index (χ1v) is 8.29. The van der Waals surface area contributed by atoms with Crippen LogP contribution in [0.15, 0.2) is 29.4 Å². The number of nitrogens with one attached hydrogen (secondary N) is 1. The first-order chi connectivity index (χ1) is 10.6. The van der Waals surface area contributed by atoms with Crippen LogP contribution in [0.3, 0.4) is 0 Å². The molecule has 116 valence electrons. The zero-order valence-electron chi connectivity index (χ0n) is 12.7. The summed E-state index contributed by atoms with van der Waals surface area (Å²) in [5, 5.41) is 15.2. The smallest absolute Gasteiger partial charge is 0.233 e. The molecule has 1 atom stereocenters. The van der Waals surface area contributed by atoms with Gasteiger partial charge in [-0.3, -0.25) is 4.79 Å². The molecule has 7 heteroatoms. The lowest BCUT2D eigenvalue weighted by Gasteiger charge is -2.11. The van der Waals surface area contributed by atoms with Crippen LogP contribution >= 0.6 is 11.8 Å². The van der Waals surface area contributed by atoms with Gasteiger partial charge in [-0.25, -0.2) is 4.68 Å². The Hall–Kier alpha value is -1.89. The van der Waals surface area contributed by atoms with Crippen molar-refractivity contribution >= 4 is 17.7 Å². The van der Waals surface area contributed by atoms with Gasteiger partial charge in [-0.2, -0.15) is 0 Å². The first kappa shape index (κ1) is 15.0. The van der Waals surface area contributed by atoms with Crippen molar-refractivity contribution in [1.29, 1.82) is 0 Å². The lowest BCUT2D eigenvalue weighted by Crippen LogP contribution is -2.30. The van der Waals surface area contributed by atoms with Gasteiger partial charge in [-0.1, -0.05) is 41.6 Å². The van der Waals surface area contributed by atoms with E-state index in [9.17, 15) is 4.79 Å². The van der Waals surface area contributed by atoms with Gasteiger partial charge in [0.2, 0.25) is 11.1 Å². The molecule has 1 heterocycles. The third-order valence-electron chi connectivity index (χ3n) is 3.59. The number of hydrogen-bond acceptors (Lipinski definition) is 5. The average molecular weight is 317 g/mol. The molecule has 1 saturated carbocycles. The summed E-state index contributed by atoms with van der Waals surface area (Å²) in [6.07, 6.45) is 2.24. The van der Waals surface area contributed by atoms with Crippen LogP contribution in [0.4, 0.5) is 0 Å². The number of thioether (sulfide) groups is 1. The summed E-state index contributed by atoms with van der Waals surface area (Å²) in [7, 11) is 0. The van der Waals surface area contributed by atoms with Crippen LogP contribution in [-0.2, 0) is 11.3 Å². The molecule has 3 rings (SSSR count). The summed E-state index contributed by atoms with van der Waals surface area (Å²) in [4.78, 5) is 12.2. The molecule has 6 nitrogen and oxygen atoms in total. The highest BCUT2D eigenvalue weighted by Crippen LogP contribution is 2.37. The van der Waals surface area contributed by atoms with Gasteiger partial charge in [0.15, 0.2) is 0 Å². The SMILES string of the molecule is Cc1ccc(CNC(=O)C(C)Sc2nnnn2C2CC2)cc1. The number of nitrogens with zero attached hydrogens (tertiary/aromatic N) is 4. The molecule has 22 heavy (non-hydrogen) atoms. The lowest BCUT2D eigenvalue weighted by molar-refractivity contribution is -0.120. The largest absolute Gasteiger partial charge is 0.351 e. The molecule has 1 aromatic heterocycles. The molecule has 0 aliphatic heterocycles. The minimum Gasteiger partial charge on any atom is -0.351 e. The van der Waals surface area contributed by atoms with Crippen LogP contribution in [0.25, 0.3) is 0 Å². The fourth-order valence-corrected chi connectivity index (χ4v) is 2.95. The number of carbonyl (C=O) groups is 1. The Balaban J connectivity index is 1.53. The Kier molecular flexibility index (Phi) is 4.42. The second-order valence-corrected chi connectivity index (χ2v) is 6.91. The summed E-state index contributed by atoms with van der Waals surface area (Å²) in [5.74, 6) is -0.00378. The van der Waals surface area contributed by atoms with Crippen LogP contribution in [0.2, 0.25) is 0 Å². The number of tetrazole rings is 1. The molecule has 1 aliphatic carbocycles. The van der Waals surface area contributed by atoms with Gasteiger partial charge in [0.25, 0.3) is 0 Å². The predicted molar refractivity (Wildman–Crippen MR) is 84.4 cm³/mol. The van der Waals surface area contributed by atoms with Crippen molar-refractivity contribution < 1.29 is 4.79 Å². The van der Waals surface area contributed by atoms with E-state index >= 15 is 0 Å². The molecule has 2 aromatic rings. The summed E-state index contributed by atoms with van der Waals surface area (Å²) < 4.78 is 1.83. The van der Waals surface area contributed by atoms with Crippen molar-refractivity contribution in [2.75, 3.05) is 0 Å². The van der Waals surface area contributed by atoms with Gasteiger partial charge in [0.1, 0.15) is 0 Å². The molecule has 1 amide bonds.